The number of carbonyl (C=O) groups excluding carboxylic acids is 1. The van der Waals surface area contributed by atoms with Crippen LogP contribution in [0.5, 0.6) is 0 Å². The van der Waals surface area contributed by atoms with Crippen molar-refractivity contribution in [1.29, 1.82) is 0 Å². The van der Waals surface area contributed by atoms with Gasteiger partial charge in [-0.2, -0.15) is 0 Å². The summed E-state index contributed by atoms with van der Waals surface area (Å²) < 4.78 is 5.24. The smallest absolute Gasteiger partial charge is 0.254 e. The zero-order valence-corrected chi connectivity index (χ0v) is 10.0. The quantitative estimate of drug-likeness (QED) is 0.727. The number of benzene rings is 1. The van der Waals surface area contributed by atoms with Crippen molar-refractivity contribution in [2.24, 2.45) is 0 Å². The molecule has 2 aliphatic rings. The van der Waals surface area contributed by atoms with Crippen LogP contribution in [-0.4, -0.2) is 36.1 Å². The number of likely N-dealkylation sites (tertiary alicyclic amines) is 1. The van der Waals surface area contributed by atoms with Gasteiger partial charge in [0.1, 0.15) is 0 Å². The molecule has 2 heterocycles. The van der Waals surface area contributed by atoms with E-state index < -0.39 is 0 Å². The van der Waals surface area contributed by atoms with E-state index in [9.17, 15) is 4.79 Å². The first-order valence-electron chi connectivity index (χ1n) is 6.25. The molecule has 0 bridgehead atoms. The third-order valence-corrected chi connectivity index (χ3v) is 3.73. The third-order valence-electron chi connectivity index (χ3n) is 3.73. The zero-order valence-electron chi connectivity index (χ0n) is 10.0. The molecule has 1 aromatic carbocycles. The second kappa shape index (κ2) is 4.15. The summed E-state index contributed by atoms with van der Waals surface area (Å²) in [6, 6.07) is 10.4. The van der Waals surface area contributed by atoms with E-state index in [-0.39, 0.29) is 18.1 Å². The Balaban J connectivity index is 1.64. The summed E-state index contributed by atoms with van der Waals surface area (Å²) in [6.07, 6.45) is 1.03. The van der Waals surface area contributed by atoms with Crippen molar-refractivity contribution < 1.29 is 9.53 Å². The van der Waals surface area contributed by atoms with Gasteiger partial charge in [0.15, 0.2) is 6.10 Å². The summed E-state index contributed by atoms with van der Waals surface area (Å²) in [5, 5.41) is 0. The standard InChI is InChI=1S/C14H17NO2/c1-10-13(17-10)14(16)15-8-7-12(9-15)11-5-3-2-4-6-11/h2-6,10,12-13H,7-9H2,1H3/t10-,12?,13+/m0/s1. The lowest BCUT2D eigenvalue weighted by Crippen LogP contribution is -2.32. The van der Waals surface area contributed by atoms with Gasteiger partial charge in [0, 0.05) is 19.0 Å². The number of hydrogen-bond donors (Lipinski definition) is 0. The van der Waals surface area contributed by atoms with Crippen molar-refractivity contribution in [2.75, 3.05) is 13.1 Å². The number of epoxide rings is 1. The van der Waals surface area contributed by atoms with Crippen molar-refractivity contribution in [3.05, 3.63) is 35.9 Å². The minimum absolute atomic E-state index is 0.123. The SMILES string of the molecule is C[C@@H]1O[C@H]1C(=O)N1CCC(c2ccccc2)C1. The number of rotatable bonds is 2. The number of amides is 1. The summed E-state index contributed by atoms with van der Waals surface area (Å²) in [6.45, 7) is 3.66. The number of carbonyl (C=O) groups is 1. The lowest BCUT2D eigenvalue weighted by molar-refractivity contribution is -0.131. The van der Waals surface area contributed by atoms with Crippen LogP contribution in [0.4, 0.5) is 0 Å². The van der Waals surface area contributed by atoms with Crippen molar-refractivity contribution >= 4 is 5.91 Å². The van der Waals surface area contributed by atoms with Gasteiger partial charge < -0.3 is 9.64 Å². The largest absolute Gasteiger partial charge is 0.359 e. The highest BCUT2D eigenvalue weighted by Crippen LogP contribution is 2.30. The topological polar surface area (TPSA) is 32.8 Å². The predicted molar refractivity (Wildman–Crippen MR) is 64.7 cm³/mol. The van der Waals surface area contributed by atoms with E-state index in [2.05, 4.69) is 24.3 Å². The van der Waals surface area contributed by atoms with Gasteiger partial charge in [0.25, 0.3) is 5.91 Å². The van der Waals surface area contributed by atoms with E-state index in [1.807, 2.05) is 17.9 Å². The normalized spacial score (nSPS) is 31.6. The fraction of sp³-hybridized carbons (Fsp3) is 0.500. The van der Waals surface area contributed by atoms with E-state index in [1.54, 1.807) is 0 Å². The van der Waals surface area contributed by atoms with Crippen LogP contribution in [0.2, 0.25) is 0 Å². The molecule has 0 saturated carbocycles. The molecule has 3 atom stereocenters. The molecule has 3 nitrogen and oxygen atoms in total. The molecule has 0 radical (unpaired) electrons. The summed E-state index contributed by atoms with van der Waals surface area (Å²) >= 11 is 0. The maximum absolute atomic E-state index is 12.0. The van der Waals surface area contributed by atoms with Gasteiger partial charge in [-0.05, 0) is 18.9 Å². The minimum Gasteiger partial charge on any atom is -0.359 e. The highest BCUT2D eigenvalue weighted by Gasteiger charge is 2.44. The van der Waals surface area contributed by atoms with Crippen LogP contribution in [0.1, 0.15) is 24.8 Å². The van der Waals surface area contributed by atoms with E-state index in [1.165, 1.54) is 5.56 Å². The van der Waals surface area contributed by atoms with E-state index >= 15 is 0 Å². The second-order valence-corrected chi connectivity index (χ2v) is 4.94. The minimum atomic E-state index is -0.162. The Bertz CT molecular complexity index is 417. The Morgan fingerprint density at radius 3 is 2.71 bits per heavy atom. The molecule has 0 aromatic heterocycles. The van der Waals surface area contributed by atoms with Crippen LogP contribution in [0.15, 0.2) is 30.3 Å². The number of ether oxygens (including phenoxy) is 1. The average Bonchev–Trinajstić information content (AvgIpc) is 2.92. The van der Waals surface area contributed by atoms with Gasteiger partial charge in [-0.3, -0.25) is 4.79 Å². The van der Waals surface area contributed by atoms with Crippen LogP contribution in [0, 0.1) is 0 Å². The maximum Gasteiger partial charge on any atom is 0.254 e. The van der Waals surface area contributed by atoms with E-state index in [0.29, 0.717) is 5.92 Å². The highest BCUT2D eigenvalue weighted by molar-refractivity contribution is 5.84. The molecule has 17 heavy (non-hydrogen) atoms. The molecule has 3 rings (SSSR count). The van der Waals surface area contributed by atoms with Crippen LogP contribution < -0.4 is 0 Å². The average molecular weight is 231 g/mol. The van der Waals surface area contributed by atoms with Gasteiger partial charge in [-0.15, -0.1) is 0 Å². The van der Waals surface area contributed by atoms with Gasteiger partial charge in [-0.25, -0.2) is 0 Å². The summed E-state index contributed by atoms with van der Waals surface area (Å²) in [5.41, 5.74) is 1.34. The molecule has 3 heteroatoms. The first-order valence-corrected chi connectivity index (χ1v) is 6.25. The first-order chi connectivity index (χ1) is 8.25. The maximum atomic E-state index is 12.0. The Kier molecular flexibility index (Phi) is 2.63. The molecule has 1 unspecified atom stereocenters. The van der Waals surface area contributed by atoms with Gasteiger partial charge in [0.2, 0.25) is 0 Å². The molecule has 0 aliphatic carbocycles. The Morgan fingerprint density at radius 1 is 1.35 bits per heavy atom. The van der Waals surface area contributed by atoms with Crippen molar-refractivity contribution in [2.45, 2.75) is 31.5 Å². The van der Waals surface area contributed by atoms with Crippen LogP contribution >= 0.6 is 0 Å². The molecule has 0 spiro atoms. The molecule has 0 N–H and O–H groups in total. The fourth-order valence-electron chi connectivity index (χ4n) is 2.58. The third kappa shape index (κ3) is 2.07. The number of nitrogens with zero attached hydrogens (tertiary/aromatic N) is 1. The van der Waals surface area contributed by atoms with Crippen molar-refractivity contribution in [3.63, 3.8) is 0 Å². The fourth-order valence-corrected chi connectivity index (χ4v) is 2.58. The first kappa shape index (κ1) is 10.8. The lowest BCUT2D eigenvalue weighted by Gasteiger charge is -2.15. The van der Waals surface area contributed by atoms with Gasteiger partial charge in [0.05, 0.1) is 6.10 Å². The van der Waals surface area contributed by atoms with Crippen molar-refractivity contribution in [1.82, 2.24) is 4.90 Å². The highest BCUT2D eigenvalue weighted by atomic mass is 16.6. The molecule has 1 amide bonds. The predicted octanol–water partition coefficient (Wildman–Crippen LogP) is 1.79. The summed E-state index contributed by atoms with van der Waals surface area (Å²) in [4.78, 5) is 13.9. The van der Waals surface area contributed by atoms with Gasteiger partial charge >= 0.3 is 0 Å². The van der Waals surface area contributed by atoms with E-state index in [4.69, 9.17) is 4.74 Å². The molecular formula is C14H17NO2. The van der Waals surface area contributed by atoms with Crippen LogP contribution in [0.3, 0.4) is 0 Å². The Morgan fingerprint density at radius 2 is 2.06 bits per heavy atom. The van der Waals surface area contributed by atoms with Crippen molar-refractivity contribution in [3.8, 4) is 0 Å². The lowest BCUT2D eigenvalue weighted by atomic mass is 9.99. The van der Waals surface area contributed by atoms with E-state index in [0.717, 1.165) is 19.5 Å². The Hall–Kier alpha value is -1.35. The molecule has 2 aliphatic heterocycles. The number of hydrogen-bond acceptors (Lipinski definition) is 2. The van der Waals surface area contributed by atoms with Gasteiger partial charge in [-0.1, -0.05) is 30.3 Å². The molecule has 2 saturated heterocycles. The molecular weight excluding hydrogens is 214 g/mol. The zero-order chi connectivity index (χ0) is 11.8. The molecule has 90 valence electrons. The summed E-state index contributed by atoms with van der Waals surface area (Å²) in [5.74, 6) is 0.671. The second-order valence-electron chi connectivity index (χ2n) is 4.94. The Labute approximate surface area is 101 Å². The monoisotopic (exact) mass is 231 g/mol. The molecule has 2 fully saturated rings. The molecule has 1 aromatic rings. The summed E-state index contributed by atoms with van der Waals surface area (Å²) in [7, 11) is 0. The van der Waals surface area contributed by atoms with Crippen LogP contribution in [0.25, 0.3) is 0 Å². The van der Waals surface area contributed by atoms with Crippen LogP contribution in [-0.2, 0) is 9.53 Å².